The molecule has 0 amide bonds. The summed E-state index contributed by atoms with van der Waals surface area (Å²) in [4.78, 5) is 0. The van der Waals surface area contributed by atoms with Crippen LogP contribution in [0.5, 0.6) is 0 Å². The van der Waals surface area contributed by atoms with Gasteiger partial charge in [-0.25, -0.2) is 0 Å². The molecule has 2 rings (SSSR count). The number of rotatable bonds is 4. The van der Waals surface area contributed by atoms with Gasteiger partial charge < -0.3 is 5.73 Å². The van der Waals surface area contributed by atoms with E-state index in [0.717, 1.165) is 13.0 Å². The van der Waals surface area contributed by atoms with Crippen LogP contribution in [0.2, 0.25) is 0 Å². The molecule has 0 aliphatic heterocycles. The Hall–Kier alpha value is -0.830. The summed E-state index contributed by atoms with van der Waals surface area (Å²) in [7, 11) is 0. The van der Waals surface area contributed by atoms with Gasteiger partial charge in [-0.3, -0.25) is 4.68 Å². The van der Waals surface area contributed by atoms with E-state index >= 15 is 0 Å². The zero-order chi connectivity index (χ0) is 13.0. The Morgan fingerprint density at radius 3 is 2.44 bits per heavy atom. The lowest BCUT2D eigenvalue weighted by Gasteiger charge is -2.30. The highest BCUT2D eigenvalue weighted by molar-refractivity contribution is 5.04. The number of nitrogens with two attached hydrogens (primary N) is 1. The first-order valence-corrected chi connectivity index (χ1v) is 7.39. The van der Waals surface area contributed by atoms with Crippen molar-refractivity contribution in [2.24, 2.45) is 11.1 Å². The highest BCUT2D eigenvalue weighted by Crippen LogP contribution is 2.36. The molecule has 0 radical (unpaired) electrons. The molecule has 0 aromatic carbocycles. The Bertz CT molecular complexity index is 360. The monoisotopic (exact) mass is 249 g/mol. The van der Waals surface area contributed by atoms with Gasteiger partial charge in [0.2, 0.25) is 0 Å². The van der Waals surface area contributed by atoms with E-state index < -0.39 is 0 Å². The van der Waals surface area contributed by atoms with Gasteiger partial charge in [0.1, 0.15) is 0 Å². The van der Waals surface area contributed by atoms with Gasteiger partial charge in [0.25, 0.3) is 0 Å². The summed E-state index contributed by atoms with van der Waals surface area (Å²) in [5.41, 5.74) is 7.62. The second-order valence-corrected chi connectivity index (χ2v) is 6.18. The lowest BCUT2D eigenvalue weighted by molar-refractivity contribution is 0.249. The van der Waals surface area contributed by atoms with Crippen LogP contribution in [0.25, 0.3) is 0 Å². The fraction of sp³-hybridized carbons (Fsp3) is 0.800. The molecule has 3 heteroatoms. The fourth-order valence-electron chi connectivity index (χ4n) is 3.08. The van der Waals surface area contributed by atoms with Crippen molar-refractivity contribution in [1.29, 1.82) is 0 Å². The molecule has 2 N–H and O–H groups in total. The first-order valence-electron chi connectivity index (χ1n) is 7.39. The lowest BCUT2D eigenvalue weighted by Crippen LogP contribution is -2.32. The van der Waals surface area contributed by atoms with Crippen LogP contribution in [0.15, 0.2) is 12.3 Å². The van der Waals surface area contributed by atoms with Crippen LogP contribution in [0.4, 0.5) is 0 Å². The van der Waals surface area contributed by atoms with Gasteiger partial charge in [0.05, 0.1) is 5.69 Å². The minimum absolute atomic E-state index is 0.312. The Balaban J connectivity index is 2.08. The average molecular weight is 249 g/mol. The largest absolute Gasteiger partial charge is 0.330 e. The van der Waals surface area contributed by atoms with E-state index in [1.165, 1.54) is 44.2 Å². The predicted octanol–water partition coefficient (Wildman–Crippen LogP) is 3.31. The highest BCUT2D eigenvalue weighted by Gasteiger charge is 2.30. The van der Waals surface area contributed by atoms with E-state index in [-0.39, 0.29) is 0 Å². The highest BCUT2D eigenvalue weighted by atomic mass is 15.3. The Morgan fingerprint density at radius 1 is 1.28 bits per heavy atom. The van der Waals surface area contributed by atoms with Gasteiger partial charge in [0.15, 0.2) is 0 Å². The Labute approximate surface area is 111 Å². The third-order valence-corrected chi connectivity index (χ3v) is 4.35. The summed E-state index contributed by atoms with van der Waals surface area (Å²) < 4.78 is 2.05. The molecule has 18 heavy (non-hydrogen) atoms. The maximum absolute atomic E-state index is 6.09. The molecule has 1 fully saturated rings. The molecule has 0 spiro atoms. The molecule has 3 nitrogen and oxygen atoms in total. The molecule has 1 aliphatic carbocycles. The minimum atomic E-state index is 0.312. The van der Waals surface area contributed by atoms with E-state index in [1.807, 2.05) is 0 Å². The molecule has 1 saturated carbocycles. The van der Waals surface area contributed by atoms with E-state index in [9.17, 15) is 0 Å². The number of aromatic nitrogens is 2. The topological polar surface area (TPSA) is 43.8 Å². The van der Waals surface area contributed by atoms with E-state index in [1.54, 1.807) is 0 Å². The molecule has 1 aromatic rings. The molecule has 102 valence electrons. The third kappa shape index (κ3) is 3.14. The second-order valence-electron chi connectivity index (χ2n) is 6.18. The maximum atomic E-state index is 6.09. The minimum Gasteiger partial charge on any atom is -0.330 e. The SMILES string of the molecule is CC(C)n1ccc(CC2(CN)CCCCCC2)n1. The lowest BCUT2D eigenvalue weighted by atomic mass is 9.76. The van der Waals surface area contributed by atoms with Gasteiger partial charge >= 0.3 is 0 Å². The fourth-order valence-corrected chi connectivity index (χ4v) is 3.08. The van der Waals surface area contributed by atoms with E-state index in [4.69, 9.17) is 5.73 Å². The summed E-state index contributed by atoms with van der Waals surface area (Å²) in [5, 5.41) is 4.69. The van der Waals surface area contributed by atoms with Crippen LogP contribution in [0.1, 0.15) is 64.1 Å². The molecular weight excluding hydrogens is 222 g/mol. The van der Waals surface area contributed by atoms with Crippen molar-refractivity contribution < 1.29 is 0 Å². The van der Waals surface area contributed by atoms with E-state index in [0.29, 0.717) is 11.5 Å². The molecule has 1 aliphatic rings. The van der Waals surface area contributed by atoms with Crippen molar-refractivity contribution in [3.8, 4) is 0 Å². The van der Waals surface area contributed by atoms with Crippen LogP contribution in [-0.2, 0) is 6.42 Å². The van der Waals surface area contributed by atoms with Crippen LogP contribution >= 0.6 is 0 Å². The normalized spacial score (nSPS) is 20.0. The van der Waals surface area contributed by atoms with Crippen molar-refractivity contribution >= 4 is 0 Å². The first-order chi connectivity index (χ1) is 8.65. The average Bonchev–Trinajstić information content (AvgIpc) is 2.69. The molecule has 0 unspecified atom stereocenters. The number of nitrogens with zero attached hydrogens (tertiary/aromatic N) is 2. The van der Waals surface area contributed by atoms with Crippen LogP contribution in [0, 0.1) is 5.41 Å². The molecule has 1 aromatic heterocycles. The summed E-state index contributed by atoms with van der Waals surface area (Å²) in [6, 6.07) is 2.61. The molecule has 0 bridgehead atoms. The van der Waals surface area contributed by atoms with Gasteiger partial charge in [-0.15, -0.1) is 0 Å². The molecular formula is C15H27N3. The van der Waals surface area contributed by atoms with Crippen LogP contribution in [-0.4, -0.2) is 16.3 Å². The smallest absolute Gasteiger partial charge is 0.0630 e. The van der Waals surface area contributed by atoms with Crippen LogP contribution in [0.3, 0.4) is 0 Å². The zero-order valence-electron chi connectivity index (χ0n) is 11.9. The quantitative estimate of drug-likeness (QED) is 0.832. The van der Waals surface area contributed by atoms with Gasteiger partial charge in [0, 0.05) is 12.2 Å². The molecule has 0 saturated heterocycles. The first kappa shape index (κ1) is 13.6. The van der Waals surface area contributed by atoms with Crippen molar-refractivity contribution in [2.75, 3.05) is 6.54 Å². The maximum Gasteiger partial charge on any atom is 0.0630 e. The van der Waals surface area contributed by atoms with Crippen molar-refractivity contribution in [3.63, 3.8) is 0 Å². The van der Waals surface area contributed by atoms with Crippen LogP contribution < -0.4 is 5.73 Å². The Kier molecular flexibility index (Phi) is 4.44. The van der Waals surface area contributed by atoms with E-state index in [2.05, 4.69) is 35.9 Å². The van der Waals surface area contributed by atoms with Gasteiger partial charge in [-0.05, 0) is 51.1 Å². The summed E-state index contributed by atoms with van der Waals surface area (Å²) >= 11 is 0. The Morgan fingerprint density at radius 2 is 1.94 bits per heavy atom. The second kappa shape index (κ2) is 5.87. The predicted molar refractivity (Wildman–Crippen MR) is 75.5 cm³/mol. The van der Waals surface area contributed by atoms with Gasteiger partial charge in [-0.2, -0.15) is 5.10 Å². The van der Waals surface area contributed by atoms with Crippen molar-refractivity contribution in [1.82, 2.24) is 9.78 Å². The summed E-state index contributed by atoms with van der Waals surface area (Å²) in [6.07, 6.45) is 11.1. The molecule has 1 heterocycles. The summed E-state index contributed by atoms with van der Waals surface area (Å²) in [5.74, 6) is 0. The zero-order valence-corrected chi connectivity index (χ0v) is 11.9. The number of hydrogen-bond donors (Lipinski definition) is 1. The summed E-state index contributed by atoms with van der Waals surface area (Å²) in [6.45, 7) is 5.14. The van der Waals surface area contributed by atoms with Gasteiger partial charge in [-0.1, -0.05) is 25.7 Å². The third-order valence-electron chi connectivity index (χ3n) is 4.35. The standard InChI is InChI=1S/C15H27N3/c1-13(2)18-10-7-14(17-18)11-15(12-16)8-5-3-4-6-9-15/h7,10,13H,3-6,8-9,11-12,16H2,1-2H3. The van der Waals surface area contributed by atoms with Crippen molar-refractivity contribution in [2.45, 2.75) is 64.8 Å². The van der Waals surface area contributed by atoms with Crippen molar-refractivity contribution in [3.05, 3.63) is 18.0 Å². The molecule has 0 atom stereocenters. The number of hydrogen-bond acceptors (Lipinski definition) is 2.